The van der Waals surface area contributed by atoms with Crippen LogP contribution >= 0.6 is 0 Å². The Kier molecular flexibility index (Phi) is 3.83. The molecule has 8 nitrogen and oxygen atoms in total. The van der Waals surface area contributed by atoms with E-state index in [0.717, 1.165) is 58.1 Å². The maximum Gasteiger partial charge on any atom is 0.130 e. The average Bonchev–Trinajstić information content (AvgIpc) is 3.39. The maximum absolute atomic E-state index is 5.50. The standard InChI is InChI=1S/C19H19N7O/c1-12-10-16(25-23-12)14-11-17(26-6-8-27-9-7-26)22-18-13(14)2-4-20-19(18)15-3-5-21-24-15/h2-5,10-11H,6-9H2,1H3,(H,21,24)(H,23,25). The lowest BCUT2D eigenvalue weighted by atomic mass is 10.0. The third-order valence-electron chi connectivity index (χ3n) is 4.79. The first-order valence-corrected chi connectivity index (χ1v) is 8.94. The van der Waals surface area contributed by atoms with Gasteiger partial charge in [0.2, 0.25) is 0 Å². The summed E-state index contributed by atoms with van der Waals surface area (Å²) in [4.78, 5) is 11.8. The monoisotopic (exact) mass is 361 g/mol. The highest BCUT2D eigenvalue weighted by molar-refractivity contribution is 6.00. The summed E-state index contributed by atoms with van der Waals surface area (Å²) in [5, 5.41) is 15.6. The third-order valence-corrected chi connectivity index (χ3v) is 4.79. The summed E-state index contributed by atoms with van der Waals surface area (Å²) >= 11 is 0. The molecule has 2 N–H and O–H groups in total. The van der Waals surface area contributed by atoms with Crippen molar-refractivity contribution in [1.29, 1.82) is 0 Å². The van der Waals surface area contributed by atoms with Gasteiger partial charge in [-0.25, -0.2) is 4.98 Å². The lowest BCUT2D eigenvalue weighted by Crippen LogP contribution is -2.36. The van der Waals surface area contributed by atoms with Crippen LogP contribution in [0.15, 0.2) is 36.7 Å². The van der Waals surface area contributed by atoms with Gasteiger partial charge in [0.05, 0.1) is 24.6 Å². The van der Waals surface area contributed by atoms with Gasteiger partial charge in [0.1, 0.15) is 17.0 Å². The number of aryl methyl sites for hydroxylation is 1. The van der Waals surface area contributed by atoms with Crippen molar-refractivity contribution < 1.29 is 4.74 Å². The number of nitrogens with one attached hydrogen (secondary N) is 2. The minimum Gasteiger partial charge on any atom is -0.378 e. The van der Waals surface area contributed by atoms with Crippen LogP contribution in [-0.4, -0.2) is 56.7 Å². The van der Waals surface area contributed by atoms with Crippen molar-refractivity contribution in [3.8, 4) is 22.6 Å². The summed E-state index contributed by atoms with van der Waals surface area (Å²) in [6.07, 6.45) is 3.53. The number of hydrogen-bond acceptors (Lipinski definition) is 6. The number of morpholine rings is 1. The van der Waals surface area contributed by atoms with Crippen LogP contribution in [0.5, 0.6) is 0 Å². The van der Waals surface area contributed by atoms with Crippen LogP contribution in [0.3, 0.4) is 0 Å². The van der Waals surface area contributed by atoms with Gasteiger partial charge >= 0.3 is 0 Å². The summed E-state index contributed by atoms with van der Waals surface area (Å²) < 4.78 is 5.50. The molecular weight excluding hydrogens is 342 g/mol. The second-order valence-corrected chi connectivity index (χ2v) is 6.59. The highest BCUT2D eigenvalue weighted by Crippen LogP contribution is 2.34. The highest BCUT2D eigenvalue weighted by atomic mass is 16.5. The fraction of sp³-hybridized carbons (Fsp3) is 0.263. The predicted octanol–water partition coefficient (Wildman–Crippen LogP) is 2.56. The van der Waals surface area contributed by atoms with Crippen LogP contribution < -0.4 is 4.90 Å². The zero-order valence-electron chi connectivity index (χ0n) is 14.9. The van der Waals surface area contributed by atoms with Gasteiger partial charge in [-0.05, 0) is 31.2 Å². The number of H-pyrrole nitrogens is 2. The van der Waals surface area contributed by atoms with Crippen LogP contribution in [0.25, 0.3) is 33.5 Å². The number of anilines is 1. The van der Waals surface area contributed by atoms with Gasteiger partial charge in [-0.1, -0.05) is 0 Å². The zero-order valence-corrected chi connectivity index (χ0v) is 14.9. The molecule has 4 aromatic rings. The van der Waals surface area contributed by atoms with Crippen LogP contribution in [0.2, 0.25) is 0 Å². The predicted molar refractivity (Wildman–Crippen MR) is 102 cm³/mol. The van der Waals surface area contributed by atoms with Crippen LogP contribution in [-0.2, 0) is 4.74 Å². The summed E-state index contributed by atoms with van der Waals surface area (Å²) in [5.74, 6) is 0.912. The van der Waals surface area contributed by atoms with Gasteiger partial charge in [0, 0.05) is 42.1 Å². The zero-order chi connectivity index (χ0) is 18.2. The summed E-state index contributed by atoms with van der Waals surface area (Å²) in [5.41, 5.74) is 5.42. The Morgan fingerprint density at radius 1 is 1.07 bits per heavy atom. The number of aromatic nitrogens is 6. The number of aromatic amines is 2. The first-order chi connectivity index (χ1) is 13.3. The topological polar surface area (TPSA) is 95.6 Å². The molecular formula is C19H19N7O. The van der Waals surface area contributed by atoms with E-state index in [2.05, 4.69) is 36.3 Å². The van der Waals surface area contributed by atoms with E-state index in [1.54, 1.807) is 12.4 Å². The summed E-state index contributed by atoms with van der Waals surface area (Å²) in [6, 6.07) is 8.06. The molecule has 0 bridgehead atoms. The number of rotatable bonds is 3. The molecule has 136 valence electrons. The first kappa shape index (κ1) is 16.0. The van der Waals surface area contributed by atoms with Crippen molar-refractivity contribution in [2.45, 2.75) is 6.92 Å². The number of fused-ring (bicyclic) bond motifs is 1. The van der Waals surface area contributed by atoms with E-state index in [-0.39, 0.29) is 0 Å². The Labute approximate surface area is 155 Å². The van der Waals surface area contributed by atoms with Crippen LogP contribution in [0.1, 0.15) is 5.69 Å². The van der Waals surface area contributed by atoms with Gasteiger partial charge < -0.3 is 9.64 Å². The molecule has 0 aliphatic carbocycles. The average molecular weight is 361 g/mol. The molecule has 4 aromatic heterocycles. The molecule has 8 heteroatoms. The van der Waals surface area contributed by atoms with Crippen molar-refractivity contribution in [2.24, 2.45) is 0 Å². The van der Waals surface area contributed by atoms with Crippen LogP contribution in [0.4, 0.5) is 5.82 Å². The number of pyridine rings is 2. The Balaban J connectivity index is 1.77. The normalized spacial score (nSPS) is 14.8. The molecule has 1 aliphatic rings. The van der Waals surface area contributed by atoms with Gasteiger partial charge in [0.15, 0.2) is 0 Å². The molecule has 0 radical (unpaired) electrons. The van der Waals surface area contributed by atoms with E-state index in [1.165, 1.54) is 0 Å². The van der Waals surface area contributed by atoms with Crippen molar-refractivity contribution in [3.05, 3.63) is 42.4 Å². The largest absolute Gasteiger partial charge is 0.378 e. The van der Waals surface area contributed by atoms with E-state index >= 15 is 0 Å². The van der Waals surface area contributed by atoms with Crippen molar-refractivity contribution in [3.63, 3.8) is 0 Å². The molecule has 0 saturated carbocycles. The van der Waals surface area contributed by atoms with Gasteiger partial charge in [-0.15, -0.1) is 0 Å². The lowest BCUT2D eigenvalue weighted by Gasteiger charge is -2.28. The first-order valence-electron chi connectivity index (χ1n) is 8.94. The minimum atomic E-state index is 0.705. The molecule has 1 aliphatic heterocycles. The molecule has 5 rings (SSSR count). The maximum atomic E-state index is 5.50. The molecule has 0 aromatic carbocycles. The van der Waals surface area contributed by atoms with Crippen molar-refractivity contribution in [2.75, 3.05) is 31.2 Å². The molecule has 0 amide bonds. The van der Waals surface area contributed by atoms with Crippen molar-refractivity contribution >= 4 is 16.7 Å². The van der Waals surface area contributed by atoms with Gasteiger partial charge in [0.25, 0.3) is 0 Å². The number of ether oxygens (including phenoxy) is 1. The van der Waals surface area contributed by atoms with E-state index in [1.807, 2.05) is 25.1 Å². The van der Waals surface area contributed by atoms with E-state index in [0.29, 0.717) is 13.2 Å². The molecule has 27 heavy (non-hydrogen) atoms. The summed E-state index contributed by atoms with van der Waals surface area (Å²) in [6.45, 7) is 5.04. The van der Waals surface area contributed by atoms with Crippen molar-refractivity contribution in [1.82, 2.24) is 30.4 Å². The Hall–Kier alpha value is -3.26. The molecule has 0 spiro atoms. The minimum absolute atomic E-state index is 0.705. The van der Waals surface area contributed by atoms with E-state index < -0.39 is 0 Å². The van der Waals surface area contributed by atoms with E-state index in [4.69, 9.17) is 9.72 Å². The fourth-order valence-corrected chi connectivity index (χ4v) is 3.45. The van der Waals surface area contributed by atoms with E-state index in [9.17, 15) is 0 Å². The molecule has 1 saturated heterocycles. The highest BCUT2D eigenvalue weighted by Gasteiger charge is 2.19. The SMILES string of the molecule is Cc1cc(-c2cc(N3CCOCC3)nc3c(-c4ccn[nH]4)nccc23)n[nH]1. The number of nitrogens with zero attached hydrogens (tertiary/aromatic N) is 5. The Bertz CT molecular complexity index is 1080. The lowest BCUT2D eigenvalue weighted by molar-refractivity contribution is 0.122. The second-order valence-electron chi connectivity index (χ2n) is 6.59. The van der Waals surface area contributed by atoms with Gasteiger partial charge in [-0.2, -0.15) is 10.2 Å². The number of hydrogen-bond donors (Lipinski definition) is 2. The Morgan fingerprint density at radius 2 is 1.96 bits per heavy atom. The third kappa shape index (κ3) is 2.83. The van der Waals surface area contributed by atoms with Crippen LogP contribution in [0, 0.1) is 6.92 Å². The smallest absolute Gasteiger partial charge is 0.130 e. The second kappa shape index (κ2) is 6.48. The Morgan fingerprint density at radius 3 is 2.70 bits per heavy atom. The molecule has 0 unspecified atom stereocenters. The van der Waals surface area contributed by atoms with Gasteiger partial charge in [-0.3, -0.25) is 15.2 Å². The molecule has 5 heterocycles. The molecule has 0 atom stereocenters. The summed E-state index contributed by atoms with van der Waals surface area (Å²) in [7, 11) is 0. The molecule has 1 fully saturated rings. The quantitative estimate of drug-likeness (QED) is 0.582. The fourth-order valence-electron chi connectivity index (χ4n) is 3.45.